The first-order valence-electron chi connectivity index (χ1n) is 2.36. The minimum atomic E-state index is -4.28. The van der Waals surface area contributed by atoms with E-state index in [1.165, 1.54) is 0 Å². The van der Waals surface area contributed by atoms with Gasteiger partial charge in [-0.15, -0.1) is 0 Å². The first-order valence-corrected chi connectivity index (χ1v) is 4.15. The van der Waals surface area contributed by atoms with E-state index in [0.717, 1.165) is 0 Å². The molecule has 0 aromatic carbocycles. The van der Waals surface area contributed by atoms with Crippen molar-refractivity contribution in [1.82, 2.24) is 0 Å². The van der Waals surface area contributed by atoms with Crippen molar-refractivity contribution in [2.45, 2.75) is 6.04 Å². The Morgan fingerprint density at radius 3 is 2.09 bits per heavy atom. The molecular weight excluding hydrogens is 201 g/mol. The van der Waals surface area contributed by atoms with Crippen LogP contribution in [0.2, 0.25) is 0 Å². The standard InChI is InChI=1S/C3H8NO5P.Ca.2H/c4-2(3(5)6)1-10(7,8)9;;;/h2H,1,4H2,(H,5,6)(H2,7,8,9);;;/q;+2;2*-1. The summed E-state index contributed by atoms with van der Waals surface area (Å²) < 4.78 is 10.1. The van der Waals surface area contributed by atoms with Gasteiger partial charge in [0.05, 0.1) is 6.16 Å². The molecule has 0 aliphatic carbocycles. The van der Waals surface area contributed by atoms with Gasteiger partial charge in [0, 0.05) is 0 Å². The Morgan fingerprint density at radius 2 is 2.00 bits per heavy atom. The minimum absolute atomic E-state index is 0. The van der Waals surface area contributed by atoms with Gasteiger partial charge in [-0.05, 0) is 0 Å². The Bertz CT molecular complexity index is 187. The van der Waals surface area contributed by atoms with Gasteiger partial charge >= 0.3 is 51.3 Å². The van der Waals surface area contributed by atoms with Crippen LogP contribution in [0.3, 0.4) is 0 Å². The summed E-state index contributed by atoms with van der Waals surface area (Å²) in [7, 11) is -4.28. The van der Waals surface area contributed by atoms with Crippen LogP contribution < -0.4 is 5.73 Å². The molecule has 0 rings (SSSR count). The first kappa shape index (κ1) is 14.4. The molecule has 0 aromatic rings. The van der Waals surface area contributed by atoms with Crippen molar-refractivity contribution in [3.05, 3.63) is 0 Å². The smallest absolute Gasteiger partial charge is 1.00 e. The van der Waals surface area contributed by atoms with Crippen LogP contribution in [0.25, 0.3) is 0 Å². The molecule has 6 nitrogen and oxygen atoms in total. The van der Waals surface area contributed by atoms with Gasteiger partial charge in [-0.1, -0.05) is 0 Å². The van der Waals surface area contributed by atoms with Crippen molar-refractivity contribution in [2.75, 3.05) is 6.16 Å². The molecule has 1 atom stereocenters. The Balaban J connectivity index is -0.000000135. The topological polar surface area (TPSA) is 121 Å². The quantitative estimate of drug-likeness (QED) is 0.330. The predicted molar refractivity (Wildman–Crippen MR) is 40.5 cm³/mol. The average molecular weight is 211 g/mol. The fourth-order valence-electron chi connectivity index (χ4n) is 0.334. The third-order valence-electron chi connectivity index (χ3n) is 0.752. The molecule has 1 unspecified atom stereocenters. The van der Waals surface area contributed by atoms with Crippen LogP contribution in [-0.4, -0.2) is 70.8 Å². The van der Waals surface area contributed by atoms with Gasteiger partial charge in [-0.25, -0.2) is 0 Å². The normalized spacial score (nSPS) is 13.4. The van der Waals surface area contributed by atoms with Crippen molar-refractivity contribution >= 4 is 51.3 Å². The van der Waals surface area contributed by atoms with Crippen LogP contribution in [0, 0.1) is 0 Å². The Morgan fingerprint density at radius 1 is 1.64 bits per heavy atom. The third kappa shape index (κ3) is 8.75. The number of aliphatic carboxylic acids is 1. The summed E-state index contributed by atoms with van der Waals surface area (Å²) in [6.45, 7) is 0. The van der Waals surface area contributed by atoms with Crippen LogP contribution in [0.5, 0.6) is 0 Å². The summed E-state index contributed by atoms with van der Waals surface area (Å²) in [5.41, 5.74) is 4.81. The van der Waals surface area contributed by atoms with Gasteiger partial charge in [-0.3, -0.25) is 9.36 Å². The van der Waals surface area contributed by atoms with E-state index < -0.39 is 25.8 Å². The maximum Gasteiger partial charge on any atom is 2.00 e. The van der Waals surface area contributed by atoms with E-state index in [1.54, 1.807) is 0 Å². The van der Waals surface area contributed by atoms with Crippen LogP contribution in [0.1, 0.15) is 2.85 Å². The number of carboxylic acid groups (broad SMARTS) is 1. The molecule has 0 spiro atoms. The van der Waals surface area contributed by atoms with Crippen molar-refractivity contribution in [2.24, 2.45) is 5.73 Å². The summed E-state index contributed by atoms with van der Waals surface area (Å²) in [4.78, 5) is 26.3. The molecule has 0 saturated carbocycles. The average Bonchev–Trinajstić information content (AvgIpc) is 1.60. The zero-order valence-corrected chi connectivity index (χ0v) is 8.78. The van der Waals surface area contributed by atoms with Crippen molar-refractivity contribution in [1.29, 1.82) is 0 Å². The third-order valence-corrected chi connectivity index (χ3v) is 1.62. The second-order valence-electron chi connectivity index (χ2n) is 1.79. The van der Waals surface area contributed by atoms with E-state index >= 15 is 0 Å². The van der Waals surface area contributed by atoms with Crippen molar-refractivity contribution in [3.63, 3.8) is 0 Å². The van der Waals surface area contributed by atoms with Gasteiger partial charge in [0.1, 0.15) is 6.04 Å². The monoisotopic (exact) mass is 211 g/mol. The Kier molecular flexibility index (Phi) is 7.16. The number of carbonyl (C=O) groups is 1. The predicted octanol–water partition coefficient (Wildman–Crippen LogP) is -1.58. The molecule has 0 saturated heterocycles. The van der Waals surface area contributed by atoms with Gasteiger partial charge in [-0.2, -0.15) is 0 Å². The van der Waals surface area contributed by atoms with Gasteiger partial charge < -0.3 is 23.5 Å². The largest absolute Gasteiger partial charge is 2.00 e. The second kappa shape index (κ2) is 5.48. The summed E-state index contributed by atoms with van der Waals surface area (Å²) in [5.74, 6) is -1.41. The molecule has 0 fully saturated rings. The maximum atomic E-state index is 10.1. The van der Waals surface area contributed by atoms with Crippen LogP contribution in [0.15, 0.2) is 0 Å². The van der Waals surface area contributed by atoms with E-state index in [-0.39, 0.29) is 40.6 Å². The van der Waals surface area contributed by atoms with Crippen LogP contribution in [-0.2, 0) is 9.36 Å². The Hall–Kier alpha value is 0.840. The molecule has 64 valence electrons. The second-order valence-corrected chi connectivity index (χ2v) is 3.49. The zero-order valence-electron chi connectivity index (χ0n) is 7.67. The van der Waals surface area contributed by atoms with Gasteiger partial charge in [0.2, 0.25) is 0 Å². The molecule has 0 heterocycles. The van der Waals surface area contributed by atoms with Gasteiger partial charge in [0.15, 0.2) is 0 Å². The van der Waals surface area contributed by atoms with Crippen LogP contribution in [0.4, 0.5) is 0 Å². The summed E-state index contributed by atoms with van der Waals surface area (Å²) in [5, 5.41) is 8.08. The minimum Gasteiger partial charge on any atom is -1.00 e. The molecule has 0 aromatic heterocycles. The molecule has 0 aliphatic rings. The molecule has 11 heavy (non-hydrogen) atoms. The maximum absolute atomic E-state index is 10.1. The zero-order chi connectivity index (χ0) is 8.36. The van der Waals surface area contributed by atoms with Crippen LogP contribution >= 0.6 is 7.60 Å². The number of carboxylic acids is 1. The van der Waals surface area contributed by atoms with Gasteiger partial charge in [0.25, 0.3) is 0 Å². The fourth-order valence-corrected chi connectivity index (χ4v) is 1.00. The van der Waals surface area contributed by atoms with E-state index in [9.17, 15) is 9.36 Å². The van der Waals surface area contributed by atoms with Crippen molar-refractivity contribution in [3.8, 4) is 0 Å². The van der Waals surface area contributed by atoms with E-state index in [1.807, 2.05) is 0 Å². The number of hydrogen-bond acceptors (Lipinski definition) is 3. The summed E-state index contributed by atoms with van der Waals surface area (Å²) in [6, 6.07) is -1.49. The van der Waals surface area contributed by atoms with E-state index in [4.69, 9.17) is 20.6 Å². The SMILES string of the molecule is NC(CP(=O)(O)O)C(=O)O.[Ca+2].[H-].[H-]. The molecule has 0 aliphatic heterocycles. The van der Waals surface area contributed by atoms with E-state index in [0.29, 0.717) is 0 Å². The molecule has 0 radical (unpaired) electrons. The summed E-state index contributed by atoms with van der Waals surface area (Å²) in [6.07, 6.45) is -0.817. The molecule has 0 bridgehead atoms. The van der Waals surface area contributed by atoms with E-state index in [2.05, 4.69) is 0 Å². The number of nitrogens with two attached hydrogens (primary N) is 1. The first-order chi connectivity index (χ1) is 4.33. The fraction of sp³-hybridized carbons (Fsp3) is 0.667. The molecule has 5 N–H and O–H groups in total. The Labute approximate surface area is 95.9 Å². The number of hydrogen-bond donors (Lipinski definition) is 4. The van der Waals surface area contributed by atoms with Crippen molar-refractivity contribution < 1.29 is 27.1 Å². The summed E-state index contributed by atoms with van der Waals surface area (Å²) >= 11 is 0. The molecule has 8 heteroatoms. The molecule has 0 amide bonds. The molecular formula is C3H10CaNO5P. The number of rotatable bonds is 3.